The highest BCUT2D eigenvalue weighted by Gasteiger charge is 2.25. The van der Waals surface area contributed by atoms with Gasteiger partial charge in [-0.2, -0.15) is 0 Å². The van der Waals surface area contributed by atoms with Gasteiger partial charge in [0.2, 0.25) is 11.8 Å². The van der Waals surface area contributed by atoms with Crippen LogP contribution in [0.5, 0.6) is 0 Å². The maximum atomic E-state index is 14.0. The van der Waals surface area contributed by atoms with Crippen LogP contribution in [-0.2, 0) is 16.1 Å². The number of halogens is 2. The van der Waals surface area contributed by atoms with Gasteiger partial charge >= 0.3 is 6.01 Å². The Morgan fingerprint density at radius 3 is 2.76 bits per heavy atom. The molecule has 2 aromatic rings. The molecule has 3 heterocycles. The third-order valence-corrected chi connectivity index (χ3v) is 5.52. The van der Waals surface area contributed by atoms with E-state index in [0.29, 0.717) is 42.7 Å². The summed E-state index contributed by atoms with van der Waals surface area (Å²) < 4.78 is 24.9. The third kappa shape index (κ3) is 5.11. The van der Waals surface area contributed by atoms with Crippen LogP contribution in [0.3, 0.4) is 0 Å². The average molecular weight is 424 g/mol. The van der Waals surface area contributed by atoms with Gasteiger partial charge in [-0.05, 0) is 25.0 Å². The fourth-order valence-corrected chi connectivity index (χ4v) is 3.78. The first kappa shape index (κ1) is 20.2. The largest absolute Gasteiger partial charge is 0.405 e. The van der Waals surface area contributed by atoms with Crippen LogP contribution in [0.4, 0.5) is 10.4 Å². The van der Waals surface area contributed by atoms with E-state index in [1.807, 2.05) is 4.90 Å². The minimum atomic E-state index is -0.291. The number of amides is 1. The lowest BCUT2D eigenvalue weighted by Crippen LogP contribution is -2.48. The Balaban J connectivity index is 1.23. The van der Waals surface area contributed by atoms with Gasteiger partial charge < -0.3 is 9.15 Å². The van der Waals surface area contributed by atoms with Crippen LogP contribution >= 0.6 is 11.6 Å². The maximum Gasteiger partial charge on any atom is 0.322 e. The van der Waals surface area contributed by atoms with E-state index in [1.165, 1.54) is 6.07 Å². The van der Waals surface area contributed by atoms with Crippen molar-refractivity contribution in [1.29, 1.82) is 0 Å². The predicted molar refractivity (Wildman–Crippen MR) is 104 cm³/mol. The standard InChI is InChI=1S/C19H23ClFN5O3/c20-14-3-1-4-15(21)13(14)11-25-6-8-26(9-7-25)12-17(27)22-19-24-23-18(29-19)16-5-2-10-28-16/h1,3-4,16H,2,5-12H2,(H,22,24,27). The Morgan fingerprint density at radius 2 is 2.03 bits per heavy atom. The van der Waals surface area contributed by atoms with Gasteiger partial charge in [0.1, 0.15) is 11.9 Å². The van der Waals surface area contributed by atoms with Crippen molar-refractivity contribution >= 4 is 23.5 Å². The molecule has 4 rings (SSSR count). The van der Waals surface area contributed by atoms with Crippen LogP contribution in [0.2, 0.25) is 5.02 Å². The molecule has 1 aromatic carbocycles. The summed E-state index contributed by atoms with van der Waals surface area (Å²) in [6, 6.07) is 4.81. The third-order valence-electron chi connectivity index (χ3n) is 5.17. The van der Waals surface area contributed by atoms with Crippen molar-refractivity contribution in [2.75, 3.05) is 44.6 Å². The normalized spacial score (nSPS) is 20.8. The number of piperazine rings is 1. The Labute approximate surface area is 173 Å². The summed E-state index contributed by atoms with van der Waals surface area (Å²) in [5.41, 5.74) is 0.513. The number of carbonyl (C=O) groups excluding carboxylic acids is 1. The van der Waals surface area contributed by atoms with Crippen LogP contribution < -0.4 is 5.32 Å². The van der Waals surface area contributed by atoms with Crippen LogP contribution in [-0.4, -0.2) is 65.2 Å². The smallest absolute Gasteiger partial charge is 0.322 e. The van der Waals surface area contributed by atoms with Crippen molar-refractivity contribution < 1.29 is 18.3 Å². The monoisotopic (exact) mass is 423 g/mol. The number of carbonyl (C=O) groups is 1. The van der Waals surface area contributed by atoms with E-state index < -0.39 is 0 Å². The molecule has 29 heavy (non-hydrogen) atoms. The summed E-state index contributed by atoms with van der Waals surface area (Å²) in [6.07, 6.45) is 1.63. The van der Waals surface area contributed by atoms with E-state index in [-0.39, 0.29) is 30.4 Å². The van der Waals surface area contributed by atoms with Gasteiger partial charge in [0.25, 0.3) is 0 Å². The summed E-state index contributed by atoms with van der Waals surface area (Å²) >= 11 is 6.11. The minimum absolute atomic E-state index is 0.0910. The summed E-state index contributed by atoms with van der Waals surface area (Å²) in [5.74, 6) is -0.0994. The van der Waals surface area contributed by atoms with Crippen LogP contribution in [0.1, 0.15) is 30.4 Å². The molecule has 0 bridgehead atoms. The molecule has 0 spiro atoms. The number of aromatic nitrogens is 2. The van der Waals surface area contributed by atoms with Crippen molar-refractivity contribution in [3.05, 3.63) is 40.5 Å². The number of hydrogen-bond donors (Lipinski definition) is 1. The van der Waals surface area contributed by atoms with Crippen molar-refractivity contribution in [3.8, 4) is 0 Å². The first-order valence-electron chi connectivity index (χ1n) is 9.71. The molecule has 1 amide bonds. The van der Waals surface area contributed by atoms with Gasteiger partial charge in [-0.15, -0.1) is 5.10 Å². The topological polar surface area (TPSA) is 83.7 Å². The second kappa shape index (κ2) is 9.17. The molecule has 8 nitrogen and oxygen atoms in total. The molecule has 0 radical (unpaired) electrons. The fourth-order valence-electron chi connectivity index (χ4n) is 3.56. The van der Waals surface area contributed by atoms with Crippen molar-refractivity contribution in [3.63, 3.8) is 0 Å². The van der Waals surface area contributed by atoms with Gasteiger partial charge in [-0.3, -0.25) is 19.9 Å². The lowest BCUT2D eigenvalue weighted by molar-refractivity contribution is -0.117. The molecule has 2 saturated heterocycles. The molecular formula is C19H23ClFN5O3. The minimum Gasteiger partial charge on any atom is -0.405 e. The SMILES string of the molecule is O=C(CN1CCN(Cc2c(F)cccc2Cl)CC1)Nc1nnc(C2CCCO2)o1. The molecule has 10 heteroatoms. The number of nitrogens with one attached hydrogen (secondary N) is 1. The van der Waals surface area contributed by atoms with E-state index in [2.05, 4.69) is 20.4 Å². The Morgan fingerprint density at radius 1 is 1.24 bits per heavy atom. The van der Waals surface area contributed by atoms with Gasteiger partial charge in [0.15, 0.2) is 0 Å². The number of ether oxygens (including phenoxy) is 1. The van der Waals surface area contributed by atoms with Crippen LogP contribution in [0.25, 0.3) is 0 Å². The van der Waals surface area contributed by atoms with Crippen molar-refractivity contribution in [2.24, 2.45) is 0 Å². The first-order chi connectivity index (χ1) is 14.1. The van der Waals surface area contributed by atoms with E-state index in [9.17, 15) is 9.18 Å². The zero-order valence-corrected chi connectivity index (χ0v) is 16.7. The molecule has 1 unspecified atom stereocenters. The highest BCUT2D eigenvalue weighted by Crippen LogP contribution is 2.28. The number of hydrogen-bond acceptors (Lipinski definition) is 7. The first-order valence-corrected chi connectivity index (χ1v) is 10.1. The summed E-state index contributed by atoms with van der Waals surface area (Å²) in [5, 5.41) is 10.9. The zero-order valence-electron chi connectivity index (χ0n) is 15.9. The summed E-state index contributed by atoms with van der Waals surface area (Å²) in [6.45, 7) is 4.22. The van der Waals surface area contributed by atoms with E-state index >= 15 is 0 Å². The second-order valence-electron chi connectivity index (χ2n) is 7.25. The van der Waals surface area contributed by atoms with Crippen molar-refractivity contribution in [2.45, 2.75) is 25.5 Å². The number of rotatable bonds is 6. The Hall–Kier alpha value is -2.07. The van der Waals surface area contributed by atoms with E-state index in [1.54, 1.807) is 12.1 Å². The number of anilines is 1. The number of nitrogens with zero attached hydrogens (tertiary/aromatic N) is 4. The van der Waals surface area contributed by atoms with Crippen molar-refractivity contribution in [1.82, 2.24) is 20.0 Å². The molecule has 2 fully saturated rings. The highest BCUT2D eigenvalue weighted by molar-refractivity contribution is 6.31. The molecular weight excluding hydrogens is 401 g/mol. The summed E-state index contributed by atoms with van der Waals surface area (Å²) in [4.78, 5) is 16.4. The maximum absolute atomic E-state index is 14.0. The Kier molecular flexibility index (Phi) is 6.39. The molecule has 0 aliphatic carbocycles. The summed E-state index contributed by atoms with van der Waals surface area (Å²) in [7, 11) is 0. The molecule has 1 atom stereocenters. The van der Waals surface area contributed by atoms with Gasteiger partial charge in [-0.1, -0.05) is 22.8 Å². The van der Waals surface area contributed by atoms with Gasteiger partial charge in [0, 0.05) is 49.9 Å². The zero-order chi connectivity index (χ0) is 20.2. The molecule has 2 aliphatic rings. The second-order valence-corrected chi connectivity index (χ2v) is 7.65. The van der Waals surface area contributed by atoms with Crippen LogP contribution in [0.15, 0.2) is 22.6 Å². The molecule has 1 N–H and O–H groups in total. The molecule has 156 valence electrons. The van der Waals surface area contributed by atoms with Crippen LogP contribution in [0, 0.1) is 5.82 Å². The Bertz CT molecular complexity index is 830. The lowest BCUT2D eigenvalue weighted by atomic mass is 10.2. The molecule has 1 aromatic heterocycles. The quantitative estimate of drug-likeness (QED) is 0.764. The number of benzene rings is 1. The van der Waals surface area contributed by atoms with Gasteiger partial charge in [-0.25, -0.2) is 4.39 Å². The van der Waals surface area contributed by atoms with Gasteiger partial charge in [0.05, 0.1) is 6.54 Å². The van der Waals surface area contributed by atoms with E-state index in [0.717, 1.165) is 25.9 Å². The fraction of sp³-hybridized carbons (Fsp3) is 0.526. The molecule has 0 saturated carbocycles. The molecule has 2 aliphatic heterocycles. The average Bonchev–Trinajstić information content (AvgIpc) is 3.38. The van der Waals surface area contributed by atoms with E-state index in [4.69, 9.17) is 20.8 Å². The predicted octanol–water partition coefficient (Wildman–Crippen LogP) is 2.47. The highest BCUT2D eigenvalue weighted by atomic mass is 35.5. The lowest BCUT2D eigenvalue weighted by Gasteiger charge is -2.34.